The van der Waals surface area contributed by atoms with Crippen LogP contribution in [0.25, 0.3) is 0 Å². The minimum Gasteiger partial charge on any atom is -0.481 e. The zero-order chi connectivity index (χ0) is 14.8. The zero-order valence-corrected chi connectivity index (χ0v) is 10.4. The van der Waals surface area contributed by atoms with Gasteiger partial charge in [-0.15, -0.1) is 0 Å². The van der Waals surface area contributed by atoms with E-state index in [2.05, 4.69) is 5.32 Å². The van der Waals surface area contributed by atoms with Crippen molar-refractivity contribution in [2.45, 2.75) is 12.5 Å². The molecule has 0 bridgehead atoms. The number of hydrogen-bond acceptors (Lipinski definition) is 6. The van der Waals surface area contributed by atoms with Gasteiger partial charge in [0.1, 0.15) is 0 Å². The Balaban J connectivity index is 4.71. The number of aliphatic carboxylic acids is 3. The molecule has 0 amide bonds. The lowest BCUT2D eigenvalue weighted by Gasteiger charge is -2.28. The normalized spacial score (nSPS) is 12.3. The van der Waals surface area contributed by atoms with Crippen LogP contribution in [0.1, 0.15) is 6.42 Å². The molecule has 9 heteroatoms. The Morgan fingerprint density at radius 3 is 1.95 bits per heavy atom. The molecule has 0 aliphatic heterocycles. The van der Waals surface area contributed by atoms with Crippen molar-refractivity contribution in [2.24, 2.45) is 5.73 Å². The summed E-state index contributed by atoms with van der Waals surface area (Å²) < 4.78 is 0. The van der Waals surface area contributed by atoms with E-state index in [1.165, 1.54) is 0 Å². The minimum atomic E-state index is -1.21. The number of carboxylic acid groups (broad SMARTS) is 3. The number of nitrogens with two attached hydrogens (primary N) is 1. The Kier molecular flexibility index (Phi) is 8.42. The van der Waals surface area contributed by atoms with Crippen molar-refractivity contribution in [1.29, 1.82) is 0 Å². The van der Waals surface area contributed by atoms with Crippen LogP contribution in [0, 0.1) is 0 Å². The first-order valence-electron chi connectivity index (χ1n) is 5.67. The second-order valence-electron chi connectivity index (χ2n) is 3.94. The fraction of sp³-hybridized carbons (Fsp3) is 0.700. The predicted octanol–water partition coefficient (Wildman–Crippen LogP) is -2.15. The summed E-state index contributed by atoms with van der Waals surface area (Å²) in [5, 5.41) is 29.1. The van der Waals surface area contributed by atoms with Gasteiger partial charge in [-0.1, -0.05) is 0 Å². The molecule has 0 aromatic rings. The Labute approximate surface area is 110 Å². The maximum absolute atomic E-state index is 10.7. The van der Waals surface area contributed by atoms with Crippen molar-refractivity contribution in [3.63, 3.8) is 0 Å². The summed E-state index contributed by atoms with van der Waals surface area (Å²) in [4.78, 5) is 33.2. The maximum Gasteiger partial charge on any atom is 0.317 e. The van der Waals surface area contributed by atoms with Gasteiger partial charge in [0, 0.05) is 25.7 Å². The molecule has 9 nitrogen and oxygen atoms in total. The van der Waals surface area contributed by atoms with Crippen LogP contribution in [0.15, 0.2) is 0 Å². The summed E-state index contributed by atoms with van der Waals surface area (Å²) in [6.07, 6.45) is -0.349. The second-order valence-corrected chi connectivity index (χ2v) is 3.94. The highest BCUT2D eigenvalue weighted by Crippen LogP contribution is 2.04. The van der Waals surface area contributed by atoms with E-state index in [-0.39, 0.29) is 13.0 Å². The molecule has 0 aromatic carbocycles. The van der Waals surface area contributed by atoms with Crippen LogP contribution < -0.4 is 11.1 Å². The number of nitrogens with zero attached hydrogens (tertiary/aromatic N) is 1. The van der Waals surface area contributed by atoms with Gasteiger partial charge in [0.05, 0.1) is 19.5 Å². The summed E-state index contributed by atoms with van der Waals surface area (Å²) in [5.41, 5.74) is 5.27. The smallest absolute Gasteiger partial charge is 0.317 e. The minimum absolute atomic E-state index is 0.157. The first-order chi connectivity index (χ1) is 8.86. The van der Waals surface area contributed by atoms with Gasteiger partial charge >= 0.3 is 17.9 Å². The van der Waals surface area contributed by atoms with Crippen LogP contribution >= 0.6 is 0 Å². The lowest BCUT2D eigenvalue weighted by molar-refractivity contribution is -0.146. The van der Waals surface area contributed by atoms with Gasteiger partial charge < -0.3 is 26.4 Å². The van der Waals surface area contributed by atoms with E-state index in [0.717, 1.165) is 4.90 Å². The van der Waals surface area contributed by atoms with E-state index in [1.54, 1.807) is 0 Å². The third kappa shape index (κ3) is 8.94. The van der Waals surface area contributed by atoms with Crippen molar-refractivity contribution in [3.05, 3.63) is 0 Å². The van der Waals surface area contributed by atoms with Gasteiger partial charge in [-0.05, 0) is 0 Å². The molecule has 0 saturated carbocycles. The fourth-order valence-corrected chi connectivity index (χ4v) is 1.56. The SMILES string of the molecule is NCCNCC(CC(=O)O)N(CC(=O)O)CC(=O)O. The Morgan fingerprint density at radius 1 is 1.05 bits per heavy atom. The Morgan fingerprint density at radius 2 is 1.58 bits per heavy atom. The van der Waals surface area contributed by atoms with Gasteiger partial charge in [-0.2, -0.15) is 0 Å². The van der Waals surface area contributed by atoms with Crippen molar-refractivity contribution in [1.82, 2.24) is 10.2 Å². The molecule has 0 heterocycles. The van der Waals surface area contributed by atoms with Crippen molar-refractivity contribution in [3.8, 4) is 0 Å². The Bertz CT molecular complexity index is 306. The van der Waals surface area contributed by atoms with Gasteiger partial charge in [0.25, 0.3) is 0 Å². The van der Waals surface area contributed by atoms with E-state index in [4.69, 9.17) is 21.1 Å². The van der Waals surface area contributed by atoms with Gasteiger partial charge in [0.15, 0.2) is 0 Å². The molecule has 0 saturated heterocycles. The van der Waals surface area contributed by atoms with E-state index >= 15 is 0 Å². The third-order valence-corrected chi connectivity index (χ3v) is 2.30. The van der Waals surface area contributed by atoms with Crippen LogP contribution in [0.3, 0.4) is 0 Å². The molecule has 0 spiro atoms. The van der Waals surface area contributed by atoms with Crippen LogP contribution in [-0.4, -0.2) is 76.9 Å². The molecule has 0 aliphatic rings. The summed E-state index contributed by atoms with van der Waals surface area (Å²) in [5.74, 6) is -3.55. The largest absolute Gasteiger partial charge is 0.481 e. The topological polar surface area (TPSA) is 153 Å². The number of hydrogen-bond donors (Lipinski definition) is 5. The average molecular weight is 277 g/mol. The lowest BCUT2D eigenvalue weighted by Crippen LogP contribution is -2.48. The molecule has 0 fully saturated rings. The fourth-order valence-electron chi connectivity index (χ4n) is 1.56. The highest BCUT2D eigenvalue weighted by molar-refractivity contribution is 5.73. The molecular formula is C10H19N3O6. The molecule has 0 radical (unpaired) electrons. The first-order valence-corrected chi connectivity index (χ1v) is 5.67. The molecule has 0 aliphatic carbocycles. The molecule has 1 atom stereocenters. The molecule has 6 N–H and O–H groups in total. The summed E-state index contributed by atoms with van der Waals surface area (Å²) in [6, 6.07) is -0.726. The average Bonchev–Trinajstić information content (AvgIpc) is 2.25. The third-order valence-electron chi connectivity index (χ3n) is 2.30. The van der Waals surface area contributed by atoms with Crippen molar-refractivity contribution >= 4 is 17.9 Å². The molecule has 1 unspecified atom stereocenters. The van der Waals surface area contributed by atoms with E-state index < -0.39 is 37.0 Å². The zero-order valence-electron chi connectivity index (χ0n) is 10.4. The van der Waals surface area contributed by atoms with E-state index in [1.807, 2.05) is 0 Å². The lowest BCUT2D eigenvalue weighted by atomic mass is 10.1. The number of carboxylic acids is 3. The number of carbonyl (C=O) groups is 3. The van der Waals surface area contributed by atoms with Crippen molar-refractivity contribution in [2.75, 3.05) is 32.7 Å². The number of nitrogens with one attached hydrogen (secondary N) is 1. The molecule has 110 valence electrons. The molecule has 0 rings (SSSR count). The molecule has 0 aromatic heterocycles. The monoisotopic (exact) mass is 277 g/mol. The summed E-state index contributed by atoms with van der Waals surface area (Å²) in [7, 11) is 0. The standard InChI is InChI=1S/C10H19N3O6/c11-1-2-12-4-7(3-8(14)15)13(5-9(16)17)6-10(18)19/h7,12H,1-6,11H2,(H,14,15)(H,16,17)(H,18,19). The quantitative estimate of drug-likeness (QED) is 0.266. The predicted molar refractivity (Wildman–Crippen MR) is 64.8 cm³/mol. The van der Waals surface area contributed by atoms with Gasteiger partial charge in [0.2, 0.25) is 0 Å². The second kappa shape index (κ2) is 9.25. The van der Waals surface area contributed by atoms with Gasteiger partial charge in [-0.25, -0.2) is 0 Å². The van der Waals surface area contributed by atoms with E-state index in [0.29, 0.717) is 13.1 Å². The number of rotatable bonds is 11. The molecular weight excluding hydrogens is 258 g/mol. The Hall–Kier alpha value is -1.71. The maximum atomic E-state index is 10.7. The van der Waals surface area contributed by atoms with Crippen LogP contribution in [0.4, 0.5) is 0 Å². The first kappa shape index (κ1) is 17.3. The highest BCUT2D eigenvalue weighted by Gasteiger charge is 2.25. The van der Waals surface area contributed by atoms with Crippen LogP contribution in [0.2, 0.25) is 0 Å². The van der Waals surface area contributed by atoms with Crippen molar-refractivity contribution < 1.29 is 29.7 Å². The van der Waals surface area contributed by atoms with Gasteiger partial charge in [-0.3, -0.25) is 19.3 Å². The highest BCUT2D eigenvalue weighted by atomic mass is 16.4. The summed E-state index contributed by atoms with van der Waals surface area (Å²) >= 11 is 0. The van der Waals surface area contributed by atoms with E-state index in [9.17, 15) is 14.4 Å². The van der Waals surface area contributed by atoms with Crippen LogP contribution in [-0.2, 0) is 14.4 Å². The van der Waals surface area contributed by atoms with Crippen LogP contribution in [0.5, 0.6) is 0 Å². The molecule has 19 heavy (non-hydrogen) atoms. The summed E-state index contributed by atoms with van der Waals surface area (Å²) in [6.45, 7) is -0.130.